The molecule has 2 saturated heterocycles. The first kappa shape index (κ1) is 21.6. The Morgan fingerprint density at radius 2 is 1.90 bits per heavy atom. The molecule has 2 fully saturated rings. The molecule has 2 aliphatic rings. The van der Waals surface area contributed by atoms with Crippen LogP contribution in [0.1, 0.15) is 19.7 Å². The minimum atomic E-state index is 0.209. The quantitative estimate of drug-likeness (QED) is 0.534. The molecule has 162 valence electrons. The van der Waals surface area contributed by atoms with Gasteiger partial charge in [-0.3, -0.25) is 14.7 Å². The number of ether oxygens (including phenoxy) is 1. The Morgan fingerprint density at radius 3 is 2.55 bits per heavy atom. The largest absolute Gasteiger partial charge is 0.378 e. The Balaban J connectivity index is 1.44. The van der Waals surface area contributed by atoms with Crippen LogP contribution in [0.4, 0.5) is 0 Å². The van der Waals surface area contributed by atoms with E-state index in [0.717, 1.165) is 44.5 Å². The number of aromatic nitrogens is 2. The summed E-state index contributed by atoms with van der Waals surface area (Å²) in [5.74, 6) is 2.70. The van der Waals surface area contributed by atoms with Gasteiger partial charge in [-0.25, -0.2) is 4.98 Å². The summed E-state index contributed by atoms with van der Waals surface area (Å²) in [6.07, 6.45) is 3.89. The number of carbonyl (C=O) groups excluding carboxylic acids is 1. The van der Waals surface area contributed by atoms with Gasteiger partial charge in [0.2, 0.25) is 5.91 Å². The van der Waals surface area contributed by atoms with E-state index >= 15 is 0 Å². The monoisotopic (exact) mass is 405 g/mol. The predicted octanol–water partition coefficient (Wildman–Crippen LogP) is 0.0909. The maximum atomic E-state index is 12.4. The lowest BCUT2D eigenvalue weighted by atomic mass is 10.2. The van der Waals surface area contributed by atoms with Crippen molar-refractivity contribution in [3.05, 3.63) is 18.2 Å². The van der Waals surface area contributed by atoms with Crippen LogP contribution in [0.5, 0.6) is 0 Å². The molecule has 0 radical (unpaired) electrons. The van der Waals surface area contributed by atoms with Crippen molar-refractivity contribution in [2.24, 2.45) is 10.9 Å². The number of hydrogen-bond acceptors (Lipinski definition) is 5. The molecule has 0 atom stereocenters. The fourth-order valence-corrected chi connectivity index (χ4v) is 3.78. The van der Waals surface area contributed by atoms with Gasteiger partial charge in [0, 0.05) is 65.3 Å². The van der Waals surface area contributed by atoms with Crippen molar-refractivity contribution in [1.29, 1.82) is 0 Å². The van der Waals surface area contributed by atoms with Crippen LogP contribution in [0.25, 0.3) is 0 Å². The zero-order valence-corrected chi connectivity index (χ0v) is 18.0. The first-order valence-electron chi connectivity index (χ1n) is 10.6. The zero-order chi connectivity index (χ0) is 20.6. The summed E-state index contributed by atoms with van der Waals surface area (Å²) in [4.78, 5) is 27.8. The van der Waals surface area contributed by atoms with Crippen LogP contribution < -0.4 is 5.32 Å². The second-order valence-electron chi connectivity index (χ2n) is 8.05. The van der Waals surface area contributed by atoms with E-state index in [1.807, 2.05) is 24.3 Å². The van der Waals surface area contributed by atoms with Crippen molar-refractivity contribution in [1.82, 2.24) is 29.6 Å². The maximum absolute atomic E-state index is 12.4. The molecule has 1 aromatic rings. The molecule has 0 spiro atoms. The molecule has 9 nitrogen and oxygen atoms in total. The molecule has 3 rings (SSSR count). The van der Waals surface area contributed by atoms with Gasteiger partial charge >= 0.3 is 0 Å². The Labute approximate surface area is 173 Å². The van der Waals surface area contributed by atoms with Crippen LogP contribution in [0.2, 0.25) is 0 Å². The van der Waals surface area contributed by atoms with Crippen LogP contribution >= 0.6 is 0 Å². The normalized spacial score (nSPS) is 19.1. The summed E-state index contributed by atoms with van der Waals surface area (Å²) in [6, 6.07) is 0. The number of morpholine rings is 1. The summed E-state index contributed by atoms with van der Waals surface area (Å²) < 4.78 is 7.52. The van der Waals surface area contributed by atoms with E-state index in [2.05, 4.69) is 43.5 Å². The van der Waals surface area contributed by atoms with Crippen molar-refractivity contribution < 1.29 is 9.53 Å². The Bertz CT molecular complexity index is 674. The van der Waals surface area contributed by atoms with Gasteiger partial charge in [0.1, 0.15) is 5.82 Å². The van der Waals surface area contributed by atoms with Gasteiger partial charge < -0.3 is 24.4 Å². The van der Waals surface area contributed by atoms with Gasteiger partial charge in [-0.2, -0.15) is 0 Å². The number of rotatable bonds is 6. The first-order chi connectivity index (χ1) is 14.1. The number of guanidine groups is 1. The van der Waals surface area contributed by atoms with Crippen molar-refractivity contribution in [3.8, 4) is 0 Å². The van der Waals surface area contributed by atoms with Crippen LogP contribution in [0.3, 0.4) is 0 Å². The summed E-state index contributed by atoms with van der Waals surface area (Å²) in [5.41, 5.74) is 0. The molecule has 9 heteroatoms. The third kappa shape index (κ3) is 6.17. The molecular weight excluding hydrogens is 370 g/mol. The average molecular weight is 406 g/mol. The number of piperazine rings is 1. The van der Waals surface area contributed by atoms with Gasteiger partial charge in [0.05, 0.1) is 26.3 Å². The molecule has 0 aliphatic carbocycles. The van der Waals surface area contributed by atoms with E-state index < -0.39 is 0 Å². The Hall–Kier alpha value is -2.13. The molecule has 0 bridgehead atoms. The van der Waals surface area contributed by atoms with E-state index in [1.165, 1.54) is 0 Å². The topological polar surface area (TPSA) is 78.2 Å². The molecule has 0 aromatic carbocycles. The minimum absolute atomic E-state index is 0.209. The SMILES string of the molecule is CN=C(NCc1nccn1CC(C)C)N1CCN(CC(=O)N2CCOCC2)CC1. The summed E-state index contributed by atoms with van der Waals surface area (Å²) in [6.45, 7) is 12.7. The van der Waals surface area contributed by atoms with Crippen LogP contribution in [0, 0.1) is 5.92 Å². The van der Waals surface area contributed by atoms with Crippen LogP contribution in [-0.4, -0.2) is 102 Å². The smallest absolute Gasteiger partial charge is 0.236 e. The lowest BCUT2D eigenvalue weighted by Crippen LogP contribution is -2.54. The lowest BCUT2D eigenvalue weighted by Gasteiger charge is -2.37. The molecule has 1 amide bonds. The molecule has 0 unspecified atom stereocenters. The fraction of sp³-hybridized carbons (Fsp3) is 0.750. The number of amides is 1. The third-order valence-corrected chi connectivity index (χ3v) is 5.37. The number of aliphatic imine (C=N–C) groups is 1. The molecule has 1 aromatic heterocycles. The predicted molar refractivity (Wildman–Crippen MR) is 113 cm³/mol. The van der Waals surface area contributed by atoms with Crippen molar-refractivity contribution in [2.75, 3.05) is 66.1 Å². The highest BCUT2D eigenvalue weighted by Crippen LogP contribution is 2.07. The highest BCUT2D eigenvalue weighted by Gasteiger charge is 2.24. The molecule has 29 heavy (non-hydrogen) atoms. The maximum Gasteiger partial charge on any atom is 0.236 e. The zero-order valence-electron chi connectivity index (χ0n) is 18.0. The Morgan fingerprint density at radius 1 is 1.17 bits per heavy atom. The summed E-state index contributed by atoms with van der Waals surface area (Å²) >= 11 is 0. The molecule has 2 aliphatic heterocycles. The van der Waals surface area contributed by atoms with Gasteiger partial charge in [0.25, 0.3) is 0 Å². The number of hydrogen-bond donors (Lipinski definition) is 1. The summed E-state index contributed by atoms with van der Waals surface area (Å²) in [7, 11) is 1.82. The number of carbonyl (C=O) groups is 1. The summed E-state index contributed by atoms with van der Waals surface area (Å²) in [5, 5.41) is 3.45. The standard InChI is InChI=1S/C20H35N7O2/c1-17(2)15-27-5-4-22-18(27)14-23-20(21-3)26-8-6-24(7-9-26)16-19(28)25-10-12-29-13-11-25/h4-5,17H,6-16H2,1-3H3,(H,21,23). The fourth-order valence-electron chi connectivity index (χ4n) is 3.78. The molecule has 3 heterocycles. The third-order valence-electron chi connectivity index (χ3n) is 5.37. The van der Waals surface area contributed by atoms with E-state index in [-0.39, 0.29) is 5.91 Å². The molecule has 0 saturated carbocycles. The number of imidazole rings is 1. The second-order valence-corrected chi connectivity index (χ2v) is 8.05. The Kier molecular flexibility index (Phi) is 7.88. The number of nitrogens with zero attached hydrogens (tertiary/aromatic N) is 6. The van der Waals surface area contributed by atoms with Crippen LogP contribution in [0.15, 0.2) is 17.4 Å². The van der Waals surface area contributed by atoms with E-state index in [0.29, 0.717) is 45.3 Å². The van der Waals surface area contributed by atoms with E-state index in [9.17, 15) is 4.79 Å². The van der Waals surface area contributed by atoms with Gasteiger partial charge in [-0.1, -0.05) is 13.8 Å². The average Bonchev–Trinajstić information content (AvgIpc) is 3.16. The van der Waals surface area contributed by atoms with Crippen molar-refractivity contribution >= 4 is 11.9 Å². The number of nitrogens with one attached hydrogen (secondary N) is 1. The van der Waals surface area contributed by atoms with E-state index in [4.69, 9.17) is 4.74 Å². The van der Waals surface area contributed by atoms with Gasteiger partial charge in [-0.05, 0) is 5.92 Å². The van der Waals surface area contributed by atoms with Gasteiger partial charge in [0.15, 0.2) is 5.96 Å². The minimum Gasteiger partial charge on any atom is -0.378 e. The first-order valence-corrected chi connectivity index (χ1v) is 10.6. The van der Waals surface area contributed by atoms with Crippen LogP contribution in [-0.2, 0) is 22.6 Å². The highest BCUT2D eigenvalue weighted by molar-refractivity contribution is 5.80. The van der Waals surface area contributed by atoms with Crippen molar-refractivity contribution in [3.63, 3.8) is 0 Å². The molecule has 1 N–H and O–H groups in total. The van der Waals surface area contributed by atoms with Gasteiger partial charge in [-0.15, -0.1) is 0 Å². The second kappa shape index (κ2) is 10.6. The lowest BCUT2D eigenvalue weighted by molar-refractivity contribution is -0.136. The molecular formula is C20H35N7O2. The highest BCUT2D eigenvalue weighted by atomic mass is 16.5. The van der Waals surface area contributed by atoms with E-state index in [1.54, 1.807) is 0 Å². The van der Waals surface area contributed by atoms with Crippen molar-refractivity contribution in [2.45, 2.75) is 26.9 Å².